The van der Waals surface area contributed by atoms with Crippen LogP contribution >= 0.6 is 0 Å². The number of oxime groups is 1. The number of benzene rings is 2. The van der Waals surface area contributed by atoms with Crippen molar-refractivity contribution in [3.63, 3.8) is 0 Å². The topological polar surface area (TPSA) is 46.5 Å². The number of fused-ring (bicyclic) bond motifs is 2. The zero-order valence-corrected chi connectivity index (χ0v) is 9.63. The summed E-state index contributed by atoms with van der Waals surface area (Å²) in [5.74, 6) is 0. The third kappa shape index (κ3) is 1.64. The first-order valence-corrected chi connectivity index (χ1v) is 5.55. The van der Waals surface area contributed by atoms with Crippen molar-refractivity contribution < 1.29 is 4.94 Å². The Kier molecular flexibility index (Phi) is 2.53. The third-order valence-corrected chi connectivity index (χ3v) is 2.80. The lowest BCUT2D eigenvalue weighted by Gasteiger charge is -2.10. The highest BCUT2D eigenvalue weighted by Gasteiger charge is 2.08. The molecular formula is C14H11N3O. The van der Waals surface area contributed by atoms with Crippen LogP contribution in [0.15, 0.2) is 53.7 Å². The molecule has 18 heavy (non-hydrogen) atoms. The van der Waals surface area contributed by atoms with Crippen LogP contribution in [-0.2, 0) is 4.94 Å². The lowest BCUT2D eigenvalue weighted by molar-refractivity contribution is 0.212. The van der Waals surface area contributed by atoms with E-state index in [2.05, 4.69) is 22.3 Å². The SMILES string of the molecule is C=NONc1c2ccccc2nc2ccccc12. The maximum absolute atomic E-state index is 4.87. The van der Waals surface area contributed by atoms with Gasteiger partial charge in [0.2, 0.25) is 0 Å². The molecule has 0 radical (unpaired) electrons. The highest BCUT2D eigenvalue weighted by Crippen LogP contribution is 2.30. The van der Waals surface area contributed by atoms with Gasteiger partial charge in [0.25, 0.3) is 0 Å². The van der Waals surface area contributed by atoms with Gasteiger partial charge in [0, 0.05) is 17.5 Å². The predicted molar refractivity (Wildman–Crippen MR) is 73.5 cm³/mol. The molecule has 1 N–H and O–H groups in total. The van der Waals surface area contributed by atoms with Gasteiger partial charge in [-0.25, -0.2) is 4.98 Å². The van der Waals surface area contributed by atoms with Crippen molar-refractivity contribution >= 4 is 34.2 Å². The smallest absolute Gasteiger partial charge is 0.0929 e. The van der Waals surface area contributed by atoms with Crippen LogP contribution in [0.1, 0.15) is 0 Å². The van der Waals surface area contributed by atoms with Gasteiger partial charge in [0.15, 0.2) is 0 Å². The standard InChI is InChI=1S/C14H11N3O/c1-15-18-17-14-10-6-2-4-8-12(10)16-13-9-5-3-7-11(13)14/h2-9H,1H2,(H,16,17). The summed E-state index contributed by atoms with van der Waals surface area (Å²) in [6, 6.07) is 15.8. The minimum atomic E-state index is 0.851. The van der Waals surface area contributed by atoms with Gasteiger partial charge >= 0.3 is 0 Å². The van der Waals surface area contributed by atoms with Gasteiger partial charge in [-0.1, -0.05) is 41.6 Å². The summed E-state index contributed by atoms with van der Waals surface area (Å²) in [6.07, 6.45) is 0. The maximum atomic E-state index is 4.87. The fourth-order valence-electron chi connectivity index (χ4n) is 2.03. The fourth-order valence-corrected chi connectivity index (χ4v) is 2.03. The van der Waals surface area contributed by atoms with Crippen molar-refractivity contribution in [2.45, 2.75) is 0 Å². The number of aromatic nitrogens is 1. The summed E-state index contributed by atoms with van der Waals surface area (Å²) in [7, 11) is 0. The van der Waals surface area contributed by atoms with E-state index in [1.54, 1.807) is 0 Å². The summed E-state index contributed by atoms with van der Waals surface area (Å²) < 4.78 is 0. The Hall–Kier alpha value is -2.62. The number of rotatable bonds is 3. The van der Waals surface area contributed by atoms with Crippen LogP contribution in [0.5, 0.6) is 0 Å². The summed E-state index contributed by atoms with van der Waals surface area (Å²) in [4.78, 5) is 9.48. The summed E-state index contributed by atoms with van der Waals surface area (Å²) in [5, 5.41) is 5.34. The Bertz CT molecular complexity index is 670. The van der Waals surface area contributed by atoms with Crippen molar-refractivity contribution in [3.05, 3.63) is 48.5 Å². The van der Waals surface area contributed by atoms with Crippen LogP contribution in [0.3, 0.4) is 0 Å². The zero-order chi connectivity index (χ0) is 12.4. The van der Waals surface area contributed by atoms with E-state index in [1.807, 2.05) is 48.5 Å². The molecule has 0 unspecified atom stereocenters. The Morgan fingerprint density at radius 2 is 1.50 bits per heavy atom. The molecule has 0 spiro atoms. The average molecular weight is 237 g/mol. The predicted octanol–water partition coefficient (Wildman–Crippen LogP) is 3.35. The molecule has 0 aliphatic rings. The van der Waals surface area contributed by atoms with Gasteiger partial charge in [-0.3, -0.25) is 4.94 Å². The Labute approximate surface area is 104 Å². The van der Waals surface area contributed by atoms with E-state index in [0.29, 0.717) is 0 Å². The van der Waals surface area contributed by atoms with E-state index in [9.17, 15) is 0 Å². The lowest BCUT2D eigenvalue weighted by Crippen LogP contribution is -1.98. The van der Waals surface area contributed by atoms with Crippen LogP contribution in [0.4, 0.5) is 5.69 Å². The second-order valence-corrected chi connectivity index (χ2v) is 3.84. The van der Waals surface area contributed by atoms with E-state index >= 15 is 0 Å². The molecule has 0 saturated carbocycles. The normalized spacial score (nSPS) is 10.4. The number of nitrogens with one attached hydrogen (secondary N) is 1. The Balaban J connectivity index is 2.37. The molecule has 88 valence electrons. The van der Waals surface area contributed by atoms with Crippen LogP contribution < -0.4 is 5.48 Å². The summed E-state index contributed by atoms with van der Waals surface area (Å²) in [5.41, 5.74) is 5.48. The second-order valence-electron chi connectivity index (χ2n) is 3.84. The first kappa shape index (κ1) is 10.5. The Morgan fingerprint density at radius 3 is 2.06 bits per heavy atom. The van der Waals surface area contributed by atoms with Gasteiger partial charge < -0.3 is 0 Å². The van der Waals surface area contributed by atoms with Crippen molar-refractivity contribution in [2.75, 3.05) is 5.48 Å². The first-order valence-electron chi connectivity index (χ1n) is 5.55. The van der Waals surface area contributed by atoms with Gasteiger partial charge in [-0.2, -0.15) is 5.48 Å². The van der Waals surface area contributed by atoms with E-state index in [-0.39, 0.29) is 0 Å². The number of para-hydroxylation sites is 2. The van der Waals surface area contributed by atoms with Gasteiger partial charge in [-0.05, 0) is 12.1 Å². The largest absolute Gasteiger partial charge is 0.271 e. The molecule has 1 heterocycles. The fraction of sp³-hybridized carbons (Fsp3) is 0. The molecule has 0 atom stereocenters. The third-order valence-electron chi connectivity index (χ3n) is 2.80. The zero-order valence-electron chi connectivity index (χ0n) is 9.63. The number of pyridine rings is 1. The number of hydrogen-bond donors (Lipinski definition) is 1. The number of hydrogen-bond acceptors (Lipinski definition) is 4. The molecule has 0 aliphatic heterocycles. The maximum Gasteiger partial charge on any atom is 0.0929 e. The number of anilines is 1. The van der Waals surface area contributed by atoms with Gasteiger partial charge in [0.05, 0.1) is 16.7 Å². The molecule has 0 aliphatic carbocycles. The van der Waals surface area contributed by atoms with Crippen LogP contribution in [0.2, 0.25) is 0 Å². The average Bonchev–Trinajstić information content (AvgIpc) is 2.43. The van der Waals surface area contributed by atoms with Crippen LogP contribution in [-0.4, -0.2) is 11.7 Å². The van der Waals surface area contributed by atoms with Crippen LogP contribution in [0, 0.1) is 0 Å². The summed E-state index contributed by atoms with van der Waals surface area (Å²) in [6.45, 7) is 3.29. The van der Waals surface area contributed by atoms with Crippen molar-refractivity contribution in [1.29, 1.82) is 0 Å². The van der Waals surface area contributed by atoms with Crippen molar-refractivity contribution in [1.82, 2.24) is 4.98 Å². The van der Waals surface area contributed by atoms with E-state index in [0.717, 1.165) is 27.5 Å². The molecule has 3 rings (SSSR count). The molecular weight excluding hydrogens is 226 g/mol. The van der Waals surface area contributed by atoms with E-state index < -0.39 is 0 Å². The minimum Gasteiger partial charge on any atom is -0.271 e. The molecule has 2 aromatic carbocycles. The van der Waals surface area contributed by atoms with E-state index in [4.69, 9.17) is 4.94 Å². The lowest BCUT2D eigenvalue weighted by atomic mass is 10.1. The minimum absolute atomic E-state index is 0.851. The Morgan fingerprint density at radius 1 is 0.944 bits per heavy atom. The molecule has 4 nitrogen and oxygen atoms in total. The monoisotopic (exact) mass is 237 g/mol. The molecule has 0 bridgehead atoms. The summed E-state index contributed by atoms with van der Waals surface area (Å²) >= 11 is 0. The van der Waals surface area contributed by atoms with Crippen molar-refractivity contribution in [2.24, 2.45) is 5.16 Å². The van der Waals surface area contributed by atoms with Gasteiger partial charge in [-0.15, -0.1) is 0 Å². The first-order chi connectivity index (χ1) is 8.90. The van der Waals surface area contributed by atoms with Gasteiger partial charge in [0.1, 0.15) is 0 Å². The number of nitrogens with zero attached hydrogens (tertiary/aromatic N) is 2. The highest BCUT2D eigenvalue weighted by molar-refractivity contribution is 6.06. The highest BCUT2D eigenvalue weighted by atomic mass is 16.8. The van der Waals surface area contributed by atoms with Crippen LogP contribution in [0.25, 0.3) is 21.8 Å². The molecule has 3 aromatic rings. The molecule has 1 aromatic heterocycles. The second kappa shape index (κ2) is 4.33. The van der Waals surface area contributed by atoms with E-state index in [1.165, 1.54) is 0 Å². The molecule has 0 saturated heterocycles. The molecule has 0 fully saturated rings. The molecule has 0 amide bonds. The van der Waals surface area contributed by atoms with Crippen molar-refractivity contribution in [3.8, 4) is 0 Å². The molecule has 4 heteroatoms. The quantitative estimate of drug-likeness (QED) is 0.431.